The van der Waals surface area contributed by atoms with Gasteiger partial charge < -0.3 is 10.1 Å². The maximum atomic E-state index is 5.10. The summed E-state index contributed by atoms with van der Waals surface area (Å²) in [7, 11) is 1.75. The van der Waals surface area contributed by atoms with Gasteiger partial charge in [-0.2, -0.15) is 0 Å². The number of hydrogen-bond donors (Lipinski definition) is 1. The van der Waals surface area contributed by atoms with E-state index in [1.54, 1.807) is 7.11 Å². The van der Waals surface area contributed by atoms with Gasteiger partial charge in [0.25, 0.3) is 0 Å². The van der Waals surface area contributed by atoms with Crippen LogP contribution in [0.5, 0.6) is 0 Å². The van der Waals surface area contributed by atoms with Gasteiger partial charge in [-0.05, 0) is 20.8 Å². The number of rotatable bonds is 7. The van der Waals surface area contributed by atoms with Crippen LogP contribution >= 0.6 is 0 Å². The molecule has 0 bridgehead atoms. The molecule has 0 spiro atoms. The van der Waals surface area contributed by atoms with E-state index in [0.717, 1.165) is 19.7 Å². The fourth-order valence-electron chi connectivity index (χ4n) is 2.28. The Morgan fingerprint density at radius 1 is 1.12 bits per heavy atom. The molecule has 1 heterocycles. The van der Waals surface area contributed by atoms with Gasteiger partial charge in [0, 0.05) is 58.5 Å². The van der Waals surface area contributed by atoms with Gasteiger partial charge in [-0.25, -0.2) is 0 Å². The number of nitrogens with zero attached hydrogens (tertiary/aromatic N) is 2. The van der Waals surface area contributed by atoms with Crippen molar-refractivity contribution < 1.29 is 4.74 Å². The van der Waals surface area contributed by atoms with Crippen LogP contribution < -0.4 is 5.32 Å². The number of methoxy groups -OCH3 is 1. The summed E-state index contributed by atoms with van der Waals surface area (Å²) in [6.45, 7) is 14.6. The lowest BCUT2D eigenvalue weighted by Gasteiger charge is -2.37. The van der Waals surface area contributed by atoms with Crippen molar-refractivity contribution in [1.29, 1.82) is 0 Å². The van der Waals surface area contributed by atoms with Crippen molar-refractivity contribution in [1.82, 2.24) is 15.1 Å². The number of ether oxygens (including phenoxy) is 1. The van der Waals surface area contributed by atoms with Crippen LogP contribution in [0.3, 0.4) is 0 Å². The van der Waals surface area contributed by atoms with Crippen molar-refractivity contribution in [2.75, 3.05) is 53.0 Å². The van der Waals surface area contributed by atoms with Gasteiger partial charge in [-0.1, -0.05) is 0 Å². The molecule has 0 radical (unpaired) electrons. The van der Waals surface area contributed by atoms with Crippen molar-refractivity contribution in [3.8, 4) is 0 Å². The van der Waals surface area contributed by atoms with E-state index in [1.807, 2.05) is 0 Å². The monoisotopic (exact) mass is 243 g/mol. The van der Waals surface area contributed by atoms with Crippen molar-refractivity contribution in [3.05, 3.63) is 0 Å². The molecule has 1 rings (SSSR count). The first-order chi connectivity index (χ1) is 8.13. The highest BCUT2D eigenvalue weighted by Gasteiger charge is 2.18. The Hall–Kier alpha value is -0.160. The minimum absolute atomic E-state index is 0.456. The normalized spacial score (nSPS) is 21.0. The third kappa shape index (κ3) is 5.82. The lowest BCUT2D eigenvalue weighted by atomic mass is 10.2. The predicted octanol–water partition coefficient (Wildman–Crippen LogP) is 0.637. The second kappa shape index (κ2) is 8.03. The second-order valence-electron chi connectivity index (χ2n) is 5.28. The van der Waals surface area contributed by atoms with Crippen LogP contribution in [0.15, 0.2) is 0 Å². The van der Waals surface area contributed by atoms with Crippen LogP contribution in [0.4, 0.5) is 0 Å². The van der Waals surface area contributed by atoms with E-state index in [4.69, 9.17) is 4.74 Å². The summed E-state index contributed by atoms with van der Waals surface area (Å²) in [4.78, 5) is 5.10. The standard InChI is InChI=1S/C13H29N3O/c1-12(2)16-9-7-15(8-10-16)6-5-14-13(3)11-17-4/h12-14H,5-11H2,1-4H3. The molecule has 1 aliphatic heterocycles. The number of piperazine rings is 1. The van der Waals surface area contributed by atoms with Crippen LogP contribution in [0.25, 0.3) is 0 Å². The van der Waals surface area contributed by atoms with Gasteiger partial charge in [0.1, 0.15) is 0 Å². The van der Waals surface area contributed by atoms with Crippen molar-refractivity contribution >= 4 is 0 Å². The molecule has 4 heteroatoms. The van der Waals surface area contributed by atoms with Crippen molar-refractivity contribution in [3.63, 3.8) is 0 Å². The second-order valence-corrected chi connectivity index (χ2v) is 5.28. The Morgan fingerprint density at radius 2 is 1.76 bits per heavy atom. The molecule has 17 heavy (non-hydrogen) atoms. The third-order valence-electron chi connectivity index (χ3n) is 3.47. The van der Waals surface area contributed by atoms with Crippen LogP contribution in [-0.4, -0.2) is 74.9 Å². The molecule has 1 N–H and O–H groups in total. The van der Waals surface area contributed by atoms with E-state index < -0.39 is 0 Å². The number of hydrogen-bond acceptors (Lipinski definition) is 4. The molecule has 0 saturated carbocycles. The molecule has 1 unspecified atom stereocenters. The van der Waals surface area contributed by atoms with E-state index in [0.29, 0.717) is 12.1 Å². The minimum atomic E-state index is 0.456. The third-order valence-corrected chi connectivity index (χ3v) is 3.47. The molecule has 4 nitrogen and oxygen atoms in total. The maximum Gasteiger partial charge on any atom is 0.0613 e. The minimum Gasteiger partial charge on any atom is -0.383 e. The molecular formula is C13H29N3O. The molecule has 0 aromatic heterocycles. The highest BCUT2D eigenvalue weighted by atomic mass is 16.5. The number of nitrogens with one attached hydrogen (secondary N) is 1. The van der Waals surface area contributed by atoms with E-state index >= 15 is 0 Å². The van der Waals surface area contributed by atoms with Crippen LogP contribution in [0, 0.1) is 0 Å². The molecule has 0 amide bonds. The SMILES string of the molecule is COCC(C)NCCN1CCN(C(C)C)CC1. The summed E-state index contributed by atoms with van der Waals surface area (Å²) in [5.74, 6) is 0. The molecule has 1 saturated heterocycles. The average Bonchev–Trinajstić information content (AvgIpc) is 2.30. The Kier molecular flexibility index (Phi) is 7.04. The van der Waals surface area contributed by atoms with Gasteiger partial charge in [-0.15, -0.1) is 0 Å². The Balaban J connectivity index is 2.06. The Bertz CT molecular complexity index is 191. The first kappa shape index (κ1) is 14.9. The Morgan fingerprint density at radius 3 is 2.29 bits per heavy atom. The lowest BCUT2D eigenvalue weighted by Crippen LogP contribution is -2.50. The van der Waals surface area contributed by atoms with Gasteiger partial charge >= 0.3 is 0 Å². The van der Waals surface area contributed by atoms with Crippen molar-refractivity contribution in [2.24, 2.45) is 0 Å². The van der Waals surface area contributed by atoms with Crippen molar-refractivity contribution in [2.45, 2.75) is 32.9 Å². The van der Waals surface area contributed by atoms with Crippen LogP contribution in [0.1, 0.15) is 20.8 Å². The van der Waals surface area contributed by atoms with E-state index in [-0.39, 0.29) is 0 Å². The first-order valence-corrected chi connectivity index (χ1v) is 6.82. The highest BCUT2D eigenvalue weighted by Crippen LogP contribution is 2.04. The first-order valence-electron chi connectivity index (χ1n) is 6.82. The quantitative estimate of drug-likeness (QED) is 0.710. The zero-order valence-corrected chi connectivity index (χ0v) is 11.9. The summed E-state index contributed by atoms with van der Waals surface area (Å²) in [6, 6.07) is 1.15. The molecule has 1 aliphatic rings. The zero-order chi connectivity index (χ0) is 12.7. The maximum absolute atomic E-state index is 5.10. The zero-order valence-electron chi connectivity index (χ0n) is 11.9. The summed E-state index contributed by atoms with van der Waals surface area (Å²) in [6.07, 6.45) is 0. The summed E-state index contributed by atoms with van der Waals surface area (Å²) in [5, 5.41) is 3.48. The van der Waals surface area contributed by atoms with Crippen LogP contribution in [0.2, 0.25) is 0 Å². The predicted molar refractivity (Wildman–Crippen MR) is 72.5 cm³/mol. The summed E-state index contributed by atoms with van der Waals surface area (Å²) >= 11 is 0. The molecule has 0 aromatic rings. The largest absolute Gasteiger partial charge is 0.383 e. The Labute approximate surface area is 106 Å². The van der Waals surface area contributed by atoms with Crippen LogP contribution in [-0.2, 0) is 4.74 Å². The average molecular weight is 243 g/mol. The van der Waals surface area contributed by atoms with E-state index in [2.05, 4.69) is 35.9 Å². The van der Waals surface area contributed by atoms with Gasteiger partial charge in [0.05, 0.1) is 6.61 Å². The highest BCUT2D eigenvalue weighted by molar-refractivity contribution is 4.74. The fraction of sp³-hybridized carbons (Fsp3) is 1.00. The molecule has 1 atom stereocenters. The summed E-state index contributed by atoms with van der Waals surface area (Å²) in [5.41, 5.74) is 0. The van der Waals surface area contributed by atoms with Gasteiger partial charge in [-0.3, -0.25) is 9.80 Å². The lowest BCUT2D eigenvalue weighted by molar-refractivity contribution is 0.107. The molecule has 102 valence electrons. The molecular weight excluding hydrogens is 214 g/mol. The molecule has 1 fully saturated rings. The fourth-order valence-corrected chi connectivity index (χ4v) is 2.28. The molecule has 0 aromatic carbocycles. The smallest absolute Gasteiger partial charge is 0.0613 e. The summed E-state index contributed by atoms with van der Waals surface area (Å²) < 4.78 is 5.10. The molecule has 0 aliphatic carbocycles. The van der Waals surface area contributed by atoms with Gasteiger partial charge in [0.2, 0.25) is 0 Å². The topological polar surface area (TPSA) is 27.7 Å². The van der Waals surface area contributed by atoms with E-state index in [1.165, 1.54) is 26.2 Å². The van der Waals surface area contributed by atoms with E-state index in [9.17, 15) is 0 Å². The van der Waals surface area contributed by atoms with Gasteiger partial charge in [0.15, 0.2) is 0 Å².